The number of thiophene rings is 1. The van der Waals surface area contributed by atoms with Crippen molar-refractivity contribution in [1.29, 1.82) is 0 Å². The van der Waals surface area contributed by atoms with Crippen molar-refractivity contribution < 1.29 is 9.90 Å². The van der Waals surface area contributed by atoms with Gasteiger partial charge in [-0.15, -0.1) is 11.3 Å². The molecular weight excluding hydrogens is 316 g/mol. The summed E-state index contributed by atoms with van der Waals surface area (Å²) in [6, 6.07) is 4.01. The molecule has 2 heterocycles. The molecule has 2 N–H and O–H groups in total. The smallest absolute Gasteiger partial charge is 0.317 e. The van der Waals surface area contributed by atoms with Crippen molar-refractivity contribution in [3.8, 4) is 0 Å². The monoisotopic (exact) mass is 332 g/mol. The number of hydrogen-bond acceptors (Lipinski definition) is 3. The minimum atomic E-state index is -0.363. The van der Waals surface area contributed by atoms with Crippen molar-refractivity contribution in [3.05, 3.63) is 20.8 Å². The molecular formula is C12H17BrN2O2S. The SMILES string of the molecule is O=C(NCCc1ccc(Br)s1)N1CCCC(O)C1. The van der Waals surface area contributed by atoms with E-state index in [-0.39, 0.29) is 12.1 Å². The summed E-state index contributed by atoms with van der Waals surface area (Å²) in [4.78, 5) is 14.8. The Morgan fingerprint density at radius 3 is 3.11 bits per heavy atom. The number of aliphatic hydroxyl groups excluding tert-OH is 1. The van der Waals surface area contributed by atoms with E-state index in [4.69, 9.17) is 0 Å². The van der Waals surface area contributed by atoms with Crippen LogP contribution >= 0.6 is 27.3 Å². The van der Waals surface area contributed by atoms with Crippen molar-refractivity contribution in [2.45, 2.75) is 25.4 Å². The fraction of sp³-hybridized carbons (Fsp3) is 0.583. The van der Waals surface area contributed by atoms with Gasteiger partial charge in [0.15, 0.2) is 0 Å². The third-order valence-corrected chi connectivity index (χ3v) is 4.64. The van der Waals surface area contributed by atoms with E-state index >= 15 is 0 Å². The van der Waals surface area contributed by atoms with E-state index in [9.17, 15) is 9.90 Å². The van der Waals surface area contributed by atoms with E-state index in [0.717, 1.165) is 29.6 Å². The Balaban J connectivity index is 1.71. The number of amides is 2. The van der Waals surface area contributed by atoms with Gasteiger partial charge in [-0.1, -0.05) is 0 Å². The number of likely N-dealkylation sites (tertiary alicyclic amines) is 1. The van der Waals surface area contributed by atoms with Gasteiger partial charge in [-0.25, -0.2) is 4.79 Å². The van der Waals surface area contributed by atoms with Gasteiger partial charge in [0.25, 0.3) is 0 Å². The van der Waals surface area contributed by atoms with Crippen LogP contribution in [-0.4, -0.2) is 41.8 Å². The fourth-order valence-corrected chi connectivity index (χ4v) is 3.51. The van der Waals surface area contributed by atoms with Crippen LogP contribution in [0.25, 0.3) is 0 Å². The van der Waals surface area contributed by atoms with E-state index in [1.54, 1.807) is 16.2 Å². The summed E-state index contributed by atoms with van der Waals surface area (Å²) in [5.41, 5.74) is 0. The highest BCUT2D eigenvalue weighted by Crippen LogP contribution is 2.22. The maximum Gasteiger partial charge on any atom is 0.317 e. The minimum absolute atomic E-state index is 0.0654. The number of carbonyl (C=O) groups is 1. The van der Waals surface area contributed by atoms with Crippen LogP contribution in [0.5, 0.6) is 0 Å². The van der Waals surface area contributed by atoms with Crippen LogP contribution in [0.15, 0.2) is 15.9 Å². The van der Waals surface area contributed by atoms with Crippen LogP contribution in [0.4, 0.5) is 4.79 Å². The van der Waals surface area contributed by atoms with Crippen molar-refractivity contribution >= 4 is 33.3 Å². The van der Waals surface area contributed by atoms with E-state index in [1.807, 2.05) is 6.07 Å². The fourth-order valence-electron chi connectivity index (χ4n) is 2.03. The second-order valence-electron chi connectivity index (χ2n) is 4.43. The molecule has 2 amide bonds. The normalized spacial score (nSPS) is 19.9. The molecule has 4 nitrogen and oxygen atoms in total. The highest BCUT2D eigenvalue weighted by Gasteiger charge is 2.21. The zero-order chi connectivity index (χ0) is 13.0. The molecule has 100 valence electrons. The van der Waals surface area contributed by atoms with E-state index in [2.05, 4.69) is 27.3 Å². The molecule has 0 saturated carbocycles. The summed E-state index contributed by atoms with van der Waals surface area (Å²) in [5.74, 6) is 0. The molecule has 0 radical (unpaired) electrons. The standard InChI is InChI=1S/C12H17BrN2O2S/c13-11-4-3-10(18-11)5-6-14-12(17)15-7-1-2-9(16)8-15/h3-4,9,16H,1-2,5-8H2,(H,14,17). The summed E-state index contributed by atoms with van der Waals surface area (Å²) >= 11 is 5.10. The number of aliphatic hydroxyl groups is 1. The summed E-state index contributed by atoms with van der Waals surface area (Å²) in [6.45, 7) is 1.84. The number of nitrogens with zero attached hydrogens (tertiary/aromatic N) is 1. The number of β-amino-alcohol motifs (C(OH)–C–C–N with tert-alkyl or cyclic N) is 1. The van der Waals surface area contributed by atoms with Gasteiger partial charge in [0, 0.05) is 24.5 Å². The van der Waals surface area contributed by atoms with E-state index in [1.165, 1.54) is 4.88 Å². The first-order chi connectivity index (χ1) is 8.65. The average molecular weight is 333 g/mol. The summed E-state index contributed by atoms with van der Waals surface area (Å²) < 4.78 is 1.11. The van der Waals surface area contributed by atoms with Gasteiger partial charge in [-0.3, -0.25) is 0 Å². The van der Waals surface area contributed by atoms with Crippen LogP contribution in [0.1, 0.15) is 17.7 Å². The summed E-state index contributed by atoms with van der Waals surface area (Å²) in [7, 11) is 0. The van der Waals surface area contributed by atoms with Crippen LogP contribution in [0.2, 0.25) is 0 Å². The number of halogens is 1. The molecule has 1 aliphatic rings. The minimum Gasteiger partial charge on any atom is -0.391 e. The Hall–Kier alpha value is -0.590. The lowest BCUT2D eigenvalue weighted by molar-refractivity contribution is 0.0843. The van der Waals surface area contributed by atoms with Gasteiger partial charge < -0.3 is 15.3 Å². The first-order valence-electron chi connectivity index (χ1n) is 6.10. The molecule has 0 aromatic carbocycles. The topological polar surface area (TPSA) is 52.6 Å². The number of rotatable bonds is 3. The van der Waals surface area contributed by atoms with E-state index in [0.29, 0.717) is 13.1 Å². The zero-order valence-electron chi connectivity index (χ0n) is 10.1. The maximum absolute atomic E-state index is 11.8. The molecule has 1 aromatic rings. The van der Waals surface area contributed by atoms with Crippen LogP contribution < -0.4 is 5.32 Å². The highest BCUT2D eigenvalue weighted by molar-refractivity contribution is 9.11. The van der Waals surface area contributed by atoms with Gasteiger partial charge >= 0.3 is 6.03 Å². The van der Waals surface area contributed by atoms with Gasteiger partial charge in [0.05, 0.1) is 9.89 Å². The van der Waals surface area contributed by atoms with Crippen LogP contribution in [0, 0.1) is 0 Å². The molecule has 1 atom stereocenters. The molecule has 0 bridgehead atoms. The molecule has 1 saturated heterocycles. The first kappa shape index (κ1) is 13.8. The van der Waals surface area contributed by atoms with Crippen LogP contribution in [0.3, 0.4) is 0 Å². The molecule has 1 unspecified atom stereocenters. The molecule has 2 rings (SSSR count). The highest BCUT2D eigenvalue weighted by atomic mass is 79.9. The predicted molar refractivity (Wildman–Crippen MR) is 75.9 cm³/mol. The molecule has 0 spiro atoms. The number of piperidine rings is 1. The number of hydrogen-bond donors (Lipinski definition) is 2. The van der Waals surface area contributed by atoms with Gasteiger partial charge in [0.2, 0.25) is 0 Å². The quantitative estimate of drug-likeness (QED) is 0.891. The van der Waals surface area contributed by atoms with E-state index < -0.39 is 0 Å². The lowest BCUT2D eigenvalue weighted by Gasteiger charge is -2.30. The van der Waals surface area contributed by atoms with Gasteiger partial charge in [-0.2, -0.15) is 0 Å². The number of carbonyl (C=O) groups excluding carboxylic acids is 1. The maximum atomic E-state index is 11.8. The summed E-state index contributed by atoms with van der Waals surface area (Å²) in [5, 5.41) is 12.4. The van der Waals surface area contributed by atoms with Crippen molar-refractivity contribution in [3.63, 3.8) is 0 Å². The molecule has 18 heavy (non-hydrogen) atoms. The second-order valence-corrected chi connectivity index (χ2v) is 6.98. The van der Waals surface area contributed by atoms with Gasteiger partial charge in [0.1, 0.15) is 0 Å². The van der Waals surface area contributed by atoms with Crippen molar-refractivity contribution in [2.24, 2.45) is 0 Å². The third-order valence-electron chi connectivity index (χ3n) is 2.96. The average Bonchev–Trinajstić information content (AvgIpc) is 2.75. The lowest BCUT2D eigenvalue weighted by atomic mass is 10.1. The van der Waals surface area contributed by atoms with Gasteiger partial charge in [-0.05, 0) is 47.3 Å². The summed E-state index contributed by atoms with van der Waals surface area (Å²) in [6.07, 6.45) is 2.16. The Labute approximate surface area is 119 Å². The third kappa shape index (κ3) is 3.96. The Morgan fingerprint density at radius 2 is 2.44 bits per heavy atom. The first-order valence-corrected chi connectivity index (χ1v) is 7.71. The number of nitrogens with one attached hydrogen (secondary N) is 1. The van der Waals surface area contributed by atoms with Crippen LogP contribution in [-0.2, 0) is 6.42 Å². The Bertz CT molecular complexity index is 411. The molecule has 0 aliphatic carbocycles. The molecule has 6 heteroatoms. The largest absolute Gasteiger partial charge is 0.391 e. The Morgan fingerprint density at radius 1 is 1.61 bits per heavy atom. The number of urea groups is 1. The molecule has 1 fully saturated rings. The second kappa shape index (κ2) is 6.54. The lowest BCUT2D eigenvalue weighted by Crippen LogP contribution is -2.47. The predicted octanol–water partition coefficient (Wildman–Crippen LogP) is 2.22. The molecule has 1 aromatic heterocycles. The van der Waals surface area contributed by atoms with Crippen molar-refractivity contribution in [2.75, 3.05) is 19.6 Å². The van der Waals surface area contributed by atoms with Crippen molar-refractivity contribution in [1.82, 2.24) is 10.2 Å². The molecule has 1 aliphatic heterocycles. The Kier molecular flexibility index (Phi) is 5.03. The zero-order valence-corrected chi connectivity index (χ0v) is 12.5.